The summed E-state index contributed by atoms with van der Waals surface area (Å²) in [5.74, 6) is 0.199. The Morgan fingerprint density at radius 2 is 1.93 bits per heavy atom. The van der Waals surface area contributed by atoms with Gasteiger partial charge >= 0.3 is 0 Å². The van der Waals surface area contributed by atoms with Gasteiger partial charge in [-0.05, 0) is 19.6 Å². The van der Waals surface area contributed by atoms with E-state index in [9.17, 15) is 14.7 Å². The Labute approximate surface area is 94.0 Å². The van der Waals surface area contributed by atoms with E-state index in [0.717, 1.165) is 0 Å². The predicted octanol–water partition coefficient (Wildman–Crippen LogP) is 0.639. The maximum absolute atomic E-state index is 11.5. The second-order valence-electron chi connectivity index (χ2n) is 4.16. The smallest absolute Gasteiger partial charge is 0.229 e. The van der Waals surface area contributed by atoms with Crippen LogP contribution in [0.1, 0.15) is 26.2 Å². The number of thioether (sulfide) groups is 1. The number of amides is 2. The summed E-state index contributed by atoms with van der Waals surface area (Å²) in [6, 6.07) is 0. The first-order valence-electron chi connectivity index (χ1n) is 5.01. The Morgan fingerprint density at radius 3 is 2.40 bits per heavy atom. The second-order valence-corrected chi connectivity index (χ2v) is 5.02. The lowest BCUT2D eigenvalue weighted by Crippen LogP contribution is -2.49. The van der Waals surface area contributed by atoms with Crippen molar-refractivity contribution in [1.29, 1.82) is 0 Å². The molecule has 0 bridgehead atoms. The standard InChI is InChI=1S/C10H17NO3S/c1-10(14,7-15-2)6-11-8(12)4-3-5-9(11)13/h14H,3-7H2,1-2H3. The van der Waals surface area contributed by atoms with Crippen LogP contribution in [0.4, 0.5) is 0 Å². The SMILES string of the molecule is CSCC(C)(O)CN1C(=O)CCCC1=O. The number of rotatable bonds is 4. The molecule has 1 heterocycles. The van der Waals surface area contributed by atoms with Crippen LogP contribution in [0, 0.1) is 0 Å². The molecule has 0 aromatic heterocycles. The third kappa shape index (κ3) is 3.50. The molecule has 0 saturated carbocycles. The molecule has 1 aliphatic heterocycles. The molecule has 1 rings (SSSR count). The maximum atomic E-state index is 11.5. The highest BCUT2D eigenvalue weighted by Gasteiger charge is 2.32. The summed E-state index contributed by atoms with van der Waals surface area (Å²) >= 11 is 1.50. The van der Waals surface area contributed by atoms with E-state index in [1.807, 2.05) is 6.26 Å². The van der Waals surface area contributed by atoms with Crippen molar-refractivity contribution in [1.82, 2.24) is 4.90 Å². The van der Waals surface area contributed by atoms with E-state index in [1.165, 1.54) is 16.7 Å². The number of aliphatic hydroxyl groups is 1. The van der Waals surface area contributed by atoms with Crippen molar-refractivity contribution in [3.05, 3.63) is 0 Å². The minimum Gasteiger partial charge on any atom is -0.387 e. The molecule has 1 unspecified atom stereocenters. The first kappa shape index (κ1) is 12.5. The number of likely N-dealkylation sites (tertiary alicyclic amines) is 1. The zero-order valence-electron chi connectivity index (χ0n) is 9.15. The minimum atomic E-state index is -0.984. The van der Waals surface area contributed by atoms with Crippen LogP contribution >= 0.6 is 11.8 Å². The molecule has 1 fully saturated rings. The molecule has 1 saturated heterocycles. The van der Waals surface area contributed by atoms with Gasteiger partial charge in [0, 0.05) is 18.6 Å². The molecule has 0 aliphatic carbocycles. The lowest BCUT2D eigenvalue weighted by atomic mass is 10.0. The van der Waals surface area contributed by atoms with Crippen molar-refractivity contribution >= 4 is 23.6 Å². The summed E-state index contributed by atoms with van der Waals surface area (Å²) in [6.45, 7) is 1.77. The van der Waals surface area contributed by atoms with Gasteiger partial charge in [0.1, 0.15) is 0 Å². The average molecular weight is 231 g/mol. The Balaban J connectivity index is 2.62. The van der Waals surface area contributed by atoms with Gasteiger partial charge in [0.2, 0.25) is 11.8 Å². The molecule has 1 atom stereocenters. The van der Waals surface area contributed by atoms with Gasteiger partial charge in [0.05, 0.1) is 12.1 Å². The Bertz CT molecular complexity index is 249. The van der Waals surface area contributed by atoms with Crippen LogP contribution in [0.25, 0.3) is 0 Å². The molecule has 15 heavy (non-hydrogen) atoms. The van der Waals surface area contributed by atoms with Crippen molar-refractivity contribution in [3.8, 4) is 0 Å². The van der Waals surface area contributed by atoms with E-state index in [-0.39, 0.29) is 18.4 Å². The second kappa shape index (κ2) is 4.99. The molecule has 0 aromatic carbocycles. The molecule has 1 N–H and O–H groups in total. The average Bonchev–Trinajstić information content (AvgIpc) is 2.11. The number of carbonyl (C=O) groups excluding carboxylic acids is 2. The van der Waals surface area contributed by atoms with Crippen molar-refractivity contribution in [3.63, 3.8) is 0 Å². The van der Waals surface area contributed by atoms with Gasteiger partial charge in [0.25, 0.3) is 0 Å². The van der Waals surface area contributed by atoms with Crippen LogP contribution in [0.15, 0.2) is 0 Å². The van der Waals surface area contributed by atoms with E-state index in [0.29, 0.717) is 25.0 Å². The summed E-state index contributed by atoms with van der Waals surface area (Å²) in [7, 11) is 0. The molecular weight excluding hydrogens is 214 g/mol. The largest absolute Gasteiger partial charge is 0.387 e. The van der Waals surface area contributed by atoms with Gasteiger partial charge in [0.15, 0.2) is 0 Å². The van der Waals surface area contributed by atoms with Crippen LogP contribution in [0.2, 0.25) is 0 Å². The molecule has 1 aliphatic rings. The number of hydrogen-bond acceptors (Lipinski definition) is 4. The fraction of sp³-hybridized carbons (Fsp3) is 0.800. The zero-order valence-corrected chi connectivity index (χ0v) is 9.97. The maximum Gasteiger partial charge on any atom is 0.229 e. The lowest BCUT2D eigenvalue weighted by Gasteiger charge is -2.32. The zero-order chi connectivity index (χ0) is 11.5. The Hall–Kier alpha value is -0.550. The highest BCUT2D eigenvalue weighted by Crippen LogP contribution is 2.18. The lowest BCUT2D eigenvalue weighted by molar-refractivity contribution is -0.151. The van der Waals surface area contributed by atoms with Gasteiger partial charge in [-0.2, -0.15) is 11.8 Å². The highest BCUT2D eigenvalue weighted by atomic mass is 32.2. The van der Waals surface area contributed by atoms with Crippen LogP contribution < -0.4 is 0 Å². The first-order valence-corrected chi connectivity index (χ1v) is 6.40. The number of hydrogen-bond donors (Lipinski definition) is 1. The topological polar surface area (TPSA) is 57.6 Å². The van der Waals surface area contributed by atoms with Crippen molar-refractivity contribution in [2.75, 3.05) is 18.6 Å². The number of imide groups is 1. The van der Waals surface area contributed by atoms with Crippen molar-refractivity contribution in [2.45, 2.75) is 31.8 Å². The minimum absolute atomic E-state index is 0.117. The monoisotopic (exact) mass is 231 g/mol. The van der Waals surface area contributed by atoms with Gasteiger partial charge in [-0.1, -0.05) is 0 Å². The van der Waals surface area contributed by atoms with E-state index >= 15 is 0 Å². The third-order valence-electron chi connectivity index (χ3n) is 2.34. The fourth-order valence-electron chi connectivity index (χ4n) is 1.67. The van der Waals surface area contributed by atoms with E-state index in [1.54, 1.807) is 6.92 Å². The number of piperidine rings is 1. The Kier molecular flexibility index (Phi) is 4.16. The van der Waals surface area contributed by atoms with Crippen LogP contribution in [-0.2, 0) is 9.59 Å². The normalized spacial score (nSPS) is 21.7. The summed E-state index contributed by atoms with van der Waals surface area (Å²) < 4.78 is 0. The molecule has 86 valence electrons. The van der Waals surface area contributed by atoms with Gasteiger partial charge in [-0.3, -0.25) is 14.5 Å². The molecule has 0 aromatic rings. The number of nitrogens with zero attached hydrogens (tertiary/aromatic N) is 1. The number of β-amino-alcohol motifs (C(OH)–C–C–N with tert-alkyl or cyclic N) is 1. The first-order chi connectivity index (χ1) is 6.96. The van der Waals surface area contributed by atoms with Gasteiger partial charge in [-0.15, -0.1) is 0 Å². The number of carbonyl (C=O) groups is 2. The molecular formula is C10H17NO3S. The van der Waals surface area contributed by atoms with E-state index in [2.05, 4.69) is 0 Å². The van der Waals surface area contributed by atoms with Crippen LogP contribution in [0.3, 0.4) is 0 Å². The summed E-state index contributed by atoms with van der Waals surface area (Å²) in [5.41, 5.74) is -0.984. The molecule has 2 amide bonds. The predicted molar refractivity (Wildman–Crippen MR) is 59.6 cm³/mol. The van der Waals surface area contributed by atoms with E-state index in [4.69, 9.17) is 0 Å². The summed E-state index contributed by atoms with van der Waals surface area (Å²) in [4.78, 5) is 24.1. The molecule has 0 radical (unpaired) electrons. The summed E-state index contributed by atoms with van der Waals surface area (Å²) in [5, 5.41) is 9.94. The van der Waals surface area contributed by atoms with Gasteiger partial charge < -0.3 is 5.11 Å². The van der Waals surface area contributed by atoms with Crippen LogP contribution in [-0.4, -0.2) is 46.0 Å². The van der Waals surface area contributed by atoms with Gasteiger partial charge in [-0.25, -0.2) is 0 Å². The molecule has 4 nitrogen and oxygen atoms in total. The van der Waals surface area contributed by atoms with Crippen molar-refractivity contribution < 1.29 is 14.7 Å². The Morgan fingerprint density at radius 1 is 1.40 bits per heavy atom. The molecule has 0 spiro atoms. The quantitative estimate of drug-likeness (QED) is 0.721. The summed E-state index contributed by atoms with van der Waals surface area (Å²) in [6.07, 6.45) is 3.36. The fourth-order valence-corrected chi connectivity index (χ4v) is 2.39. The molecule has 5 heteroatoms. The third-order valence-corrected chi connectivity index (χ3v) is 3.25. The highest BCUT2D eigenvalue weighted by molar-refractivity contribution is 7.98. The van der Waals surface area contributed by atoms with Crippen LogP contribution in [0.5, 0.6) is 0 Å². The van der Waals surface area contributed by atoms with Crippen molar-refractivity contribution in [2.24, 2.45) is 0 Å². The van der Waals surface area contributed by atoms with E-state index < -0.39 is 5.60 Å².